The van der Waals surface area contributed by atoms with E-state index in [4.69, 9.17) is 0 Å². The zero-order chi connectivity index (χ0) is 14.3. The van der Waals surface area contributed by atoms with E-state index in [0.29, 0.717) is 30.6 Å². The van der Waals surface area contributed by atoms with Crippen molar-refractivity contribution in [2.24, 2.45) is 5.92 Å². The highest BCUT2D eigenvalue weighted by molar-refractivity contribution is 7.89. The van der Waals surface area contributed by atoms with Gasteiger partial charge in [-0.25, -0.2) is 13.1 Å². The molecule has 7 heteroatoms. The van der Waals surface area contributed by atoms with E-state index < -0.39 is 10.0 Å². The van der Waals surface area contributed by atoms with Gasteiger partial charge in [-0.05, 0) is 42.5 Å². The highest BCUT2D eigenvalue weighted by Gasteiger charge is 2.29. The normalized spacial score (nSPS) is 24.9. The van der Waals surface area contributed by atoms with E-state index >= 15 is 0 Å². The third kappa shape index (κ3) is 2.56. The van der Waals surface area contributed by atoms with E-state index in [2.05, 4.69) is 10.0 Å². The number of rotatable bonds is 4. The lowest BCUT2D eigenvalue weighted by atomic mass is 9.83. The first-order valence-electron chi connectivity index (χ1n) is 6.54. The van der Waals surface area contributed by atoms with E-state index in [-0.39, 0.29) is 29.2 Å². The molecule has 3 rings (SSSR count). The number of nitrogens with one attached hydrogen (secondary N) is 2. The standard InChI is InChI=1S/C13H16N2O4S/c16-10-3-8(4-10)7-14-20(18,19)11-1-2-12-9(5-11)6-13(17)15-12/h1-2,5,8,10,14,16H,3-4,6-7H2,(H,15,17). The van der Waals surface area contributed by atoms with Crippen molar-refractivity contribution in [3.05, 3.63) is 23.8 Å². The average molecular weight is 296 g/mol. The Morgan fingerprint density at radius 1 is 1.35 bits per heavy atom. The second-order valence-electron chi connectivity index (χ2n) is 5.39. The van der Waals surface area contributed by atoms with Crippen molar-refractivity contribution >= 4 is 21.6 Å². The van der Waals surface area contributed by atoms with Crippen molar-refractivity contribution in [1.82, 2.24) is 4.72 Å². The van der Waals surface area contributed by atoms with Crippen LogP contribution in [0.3, 0.4) is 0 Å². The SMILES string of the molecule is O=C1Cc2cc(S(=O)(=O)NCC3CC(O)C3)ccc2N1. The maximum absolute atomic E-state index is 12.2. The van der Waals surface area contributed by atoms with Gasteiger partial charge in [-0.3, -0.25) is 4.79 Å². The number of fused-ring (bicyclic) bond motifs is 1. The van der Waals surface area contributed by atoms with Gasteiger partial charge in [-0.1, -0.05) is 0 Å². The van der Waals surface area contributed by atoms with Crippen LogP contribution >= 0.6 is 0 Å². The fourth-order valence-corrected chi connectivity index (χ4v) is 3.72. The van der Waals surface area contributed by atoms with Gasteiger partial charge in [0.15, 0.2) is 0 Å². The van der Waals surface area contributed by atoms with Crippen LogP contribution in [0.2, 0.25) is 0 Å². The largest absolute Gasteiger partial charge is 0.393 e. The smallest absolute Gasteiger partial charge is 0.240 e. The van der Waals surface area contributed by atoms with Crippen LogP contribution in [0.4, 0.5) is 5.69 Å². The summed E-state index contributed by atoms with van der Waals surface area (Å²) in [5, 5.41) is 11.8. The van der Waals surface area contributed by atoms with Crippen LogP contribution in [0, 0.1) is 5.92 Å². The molecule has 0 unspecified atom stereocenters. The molecule has 0 bridgehead atoms. The summed E-state index contributed by atoms with van der Waals surface area (Å²) in [4.78, 5) is 11.4. The Hall–Kier alpha value is -1.44. The number of carbonyl (C=O) groups excluding carboxylic acids is 1. The van der Waals surface area contributed by atoms with Crippen LogP contribution in [-0.2, 0) is 21.2 Å². The molecule has 6 nitrogen and oxygen atoms in total. The molecule has 1 aromatic rings. The van der Waals surface area contributed by atoms with Crippen LogP contribution in [-0.4, -0.2) is 32.1 Å². The summed E-state index contributed by atoms with van der Waals surface area (Å²) in [7, 11) is -3.56. The first-order chi connectivity index (χ1) is 9.44. The molecular weight excluding hydrogens is 280 g/mol. The molecule has 0 atom stereocenters. The number of aliphatic hydroxyl groups excluding tert-OH is 1. The van der Waals surface area contributed by atoms with Crippen molar-refractivity contribution in [2.75, 3.05) is 11.9 Å². The Morgan fingerprint density at radius 3 is 2.80 bits per heavy atom. The van der Waals surface area contributed by atoms with Crippen molar-refractivity contribution in [1.29, 1.82) is 0 Å². The van der Waals surface area contributed by atoms with Crippen molar-refractivity contribution in [3.8, 4) is 0 Å². The number of carbonyl (C=O) groups is 1. The fourth-order valence-electron chi connectivity index (χ4n) is 2.55. The third-order valence-electron chi connectivity index (χ3n) is 3.78. The maximum Gasteiger partial charge on any atom is 0.240 e. The first-order valence-corrected chi connectivity index (χ1v) is 8.03. The van der Waals surface area contributed by atoms with Crippen molar-refractivity contribution in [3.63, 3.8) is 0 Å². The zero-order valence-corrected chi connectivity index (χ0v) is 11.6. The van der Waals surface area contributed by atoms with Gasteiger partial charge in [-0.15, -0.1) is 0 Å². The van der Waals surface area contributed by atoms with Crippen LogP contribution in [0.5, 0.6) is 0 Å². The topological polar surface area (TPSA) is 95.5 Å². The molecule has 1 amide bonds. The van der Waals surface area contributed by atoms with Crippen LogP contribution in [0.25, 0.3) is 0 Å². The molecule has 1 aromatic carbocycles. The predicted octanol–water partition coefficient (Wildman–Crippen LogP) is 0.230. The lowest BCUT2D eigenvalue weighted by Gasteiger charge is -2.31. The molecule has 1 fully saturated rings. The highest BCUT2D eigenvalue weighted by atomic mass is 32.2. The van der Waals surface area contributed by atoms with Crippen molar-refractivity contribution < 1.29 is 18.3 Å². The summed E-state index contributed by atoms with van der Waals surface area (Å²) in [6.45, 7) is 0.341. The van der Waals surface area contributed by atoms with Crippen LogP contribution in [0.15, 0.2) is 23.1 Å². The van der Waals surface area contributed by atoms with Crippen molar-refractivity contribution in [2.45, 2.75) is 30.3 Å². The molecule has 1 aliphatic heterocycles. The van der Waals surface area contributed by atoms with Gasteiger partial charge in [-0.2, -0.15) is 0 Å². The average Bonchev–Trinajstić information content (AvgIpc) is 2.72. The Labute approximate surface area is 117 Å². The molecule has 3 N–H and O–H groups in total. The molecule has 2 aliphatic rings. The molecule has 20 heavy (non-hydrogen) atoms. The molecule has 108 valence electrons. The Kier molecular flexibility index (Phi) is 3.27. The molecule has 1 aliphatic carbocycles. The lowest BCUT2D eigenvalue weighted by Crippen LogP contribution is -2.38. The Balaban J connectivity index is 1.71. The van der Waals surface area contributed by atoms with E-state index in [0.717, 1.165) is 0 Å². The van der Waals surface area contributed by atoms with Gasteiger partial charge in [0.05, 0.1) is 17.4 Å². The molecule has 1 saturated carbocycles. The number of anilines is 1. The summed E-state index contributed by atoms with van der Waals surface area (Å²) >= 11 is 0. The second-order valence-corrected chi connectivity index (χ2v) is 7.15. The minimum atomic E-state index is -3.56. The number of aliphatic hydroxyl groups is 1. The molecule has 0 aromatic heterocycles. The highest BCUT2D eigenvalue weighted by Crippen LogP contribution is 2.28. The summed E-state index contributed by atoms with van der Waals surface area (Å²) in [6.07, 6.45) is 1.21. The molecule has 1 heterocycles. The summed E-state index contributed by atoms with van der Waals surface area (Å²) < 4.78 is 26.9. The number of amides is 1. The lowest BCUT2D eigenvalue weighted by molar-refractivity contribution is -0.115. The third-order valence-corrected chi connectivity index (χ3v) is 5.21. The van der Waals surface area contributed by atoms with Gasteiger partial charge < -0.3 is 10.4 Å². The Morgan fingerprint density at radius 2 is 2.10 bits per heavy atom. The van der Waals surface area contributed by atoms with Gasteiger partial charge in [0.1, 0.15) is 0 Å². The van der Waals surface area contributed by atoms with E-state index in [1.54, 1.807) is 6.07 Å². The Bertz CT molecular complexity index is 650. The minimum absolute atomic E-state index is 0.119. The summed E-state index contributed by atoms with van der Waals surface area (Å²) in [5.41, 5.74) is 1.38. The minimum Gasteiger partial charge on any atom is -0.393 e. The zero-order valence-electron chi connectivity index (χ0n) is 10.8. The quantitative estimate of drug-likeness (QED) is 0.741. The maximum atomic E-state index is 12.2. The number of hydrogen-bond acceptors (Lipinski definition) is 4. The second kappa shape index (κ2) is 4.83. The predicted molar refractivity (Wildman–Crippen MR) is 72.7 cm³/mol. The van der Waals surface area contributed by atoms with E-state index in [9.17, 15) is 18.3 Å². The van der Waals surface area contributed by atoms with Crippen LogP contribution in [0.1, 0.15) is 18.4 Å². The van der Waals surface area contributed by atoms with E-state index in [1.165, 1.54) is 12.1 Å². The monoisotopic (exact) mass is 296 g/mol. The number of sulfonamides is 1. The van der Waals surface area contributed by atoms with Crippen LogP contribution < -0.4 is 10.0 Å². The molecule has 0 radical (unpaired) electrons. The fraction of sp³-hybridized carbons (Fsp3) is 0.462. The summed E-state index contributed by atoms with van der Waals surface area (Å²) in [6, 6.07) is 4.63. The molecule has 0 spiro atoms. The van der Waals surface area contributed by atoms with Gasteiger partial charge in [0.25, 0.3) is 0 Å². The van der Waals surface area contributed by atoms with E-state index in [1.807, 2.05) is 0 Å². The molecule has 0 saturated heterocycles. The van der Waals surface area contributed by atoms with Gasteiger partial charge in [0, 0.05) is 12.2 Å². The number of benzene rings is 1. The summed E-state index contributed by atoms with van der Waals surface area (Å²) in [5.74, 6) is 0.0865. The molecular formula is C13H16N2O4S. The van der Waals surface area contributed by atoms with Gasteiger partial charge in [0.2, 0.25) is 15.9 Å². The first kappa shape index (κ1) is 13.5. The number of hydrogen-bond donors (Lipinski definition) is 3. The van der Waals surface area contributed by atoms with Gasteiger partial charge >= 0.3 is 0 Å².